The van der Waals surface area contributed by atoms with Crippen molar-refractivity contribution in [3.8, 4) is 0 Å². The van der Waals surface area contributed by atoms with Gasteiger partial charge >= 0.3 is 6.09 Å². The van der Waals surface area contributed by atoms with Gasteiger partial charge in [-0.15, -0.1) is 5.06 Å². The number of rotatable bonds is 3. The van der Waals surface area contributed by atoms with Gasteiger partial charge < -0.3 is 10.2 Å². The quantitative estimate of drug-likeness (QED) is 0.363. The predicted molar refractivity (Wildman–Crippen MR) is 65.9 cm³/mol. The number of azide groups is 1. The molecular weight excluding hydrogens is 266 g/mol. The van der Waals surface area contributed by atoms with Crippen LogP contribution in [-0.4, -0.2) is 35.1 Å². The predicted octanol–water partition coefficient (Wildman–Crippen LogP) is 1.40. The van der Waals surface area contributed by atoms with Gasteiger partial charge in [0.25, 0.3) is 11.8 Å². The third kappa shape index (κ3) is 3.18. The van der Waals surface area contributed by atoms with E-state index in [1.165, 1.54) is 0 Å². The zero-order valence-electron chi connectivity index (χ0n) is 10.8. The molecule has 1 aliphatic carbocycles. The van der Waals surface area contributed by atoms with E-state index >= 15 is 0 Å². The molecule has 0 aromatic heterocycles. The van der Waals surface area contributed by atoms with Crippen molar-refractivity contribution in [2.75, 3.05) is 0 Å². The Morgan fingerprint density at radius 2 is 1.95 bits per heavy atom. The molecule has 0 aromatic carbocycles. The SMILES string of the molecule is [N-]=[N+]=N[C@H]1CCCC[C@H]1NC(=O)ON1C(=O)CCC1=O. The largest absolute Gasteiger partial charge is 0.432 e. The molecule has 1 N–H and O–H groups in total. The van der Waals surface area contributed by atoms with Crippen LogP contribution in [0.3, 0.4) is 0 Å². The van der Waals surface area contributed by atoms with Crippen LogP contribution < -0.4 is 5.32 Å². The molecule has 2 aliphatic rings. The minimum Gasteiger partial charge on any atom is -0.316 e. The first-order valence-electron chi connectivity index (χ1n) is 6.50. The molecule has 9 heteroatoms. The van der Waals surface area contributed by atoms with Gasteiger partial charge in [-0.25, -0.2) is 4.79 Å². The van der Waals surface area contributed by atoms with E-state index in [-0.39, 0.29) is 24.9 Å². The van der Waals surface area contributed by atoms with Crippen LogP contribution in [-0.2, 0) is 14.4 Å². The number of nitrogens with one attached hydrogen (secondary N) is 1. The molecule has 3 amide bonds. The van der Waals surface area contributed by atoms with Crippen molar-refractivity contribution in [3.05, 3.63) is 10.4 Å². The van der Waals surface area contributed by atoms with Crippen LogP contribution in [0.1, 0.15) is 38.5 Å². The first-order valence-corrected chi connectivity index (χ1v) is 6.50. The number of carbonyl (C=O) groups is 3. The first-order chi connectivity index (χ1) is 9.61. The number of nitrogens with zero attached hydrogens (tertiary/aromatic N) is 4. The molecule has 108 valence electrons. The van der Waals surface area contributed by atoms with Crippen molar-refractivity contribution < 1.29 is 19.2 Å². The van der Waals surface area contributed by atoms with Gasteiger partial charge in [0.15, 0.2) is 0 Å². The lowest BCUT2D eigenvalue weighted by Gasteiger charge is -2.28. The molecule has 2 fully saturated rings. The molecule has 0 bridgehead atoms. The highest BCUT2D eigenvalue weighted by Gasteiger charge is 2.34. The van der Waals surface area contributed by atoms with Crippen molar-refractivity contribution in [3.63, 3.8) is 0 Å². The molecule has 0 spiro atoms. The third-order valence-corrected chi connectivity index (χ3v) is 3.41. The summed E-state index contributed by atoms with van der Waals surface area (Å²) in [7, 11) is 0. The molecule has 9 nitrogen and oxygen atoms in total. The summed E-state index contributed by atoms with van der Waals surface area (Å²) < 4.78 is 0. The third-order valence-electron chi connectivity index (χ3n) is 3.41. The van der Waals surface area contributed by atoms with E-state index in [9.17, 15) is 14.4 Å². The topological polar surface area (TPSA) is 124 Å². The number of carbonyl (C=O) groups excluding carboxylic acids is 3. The maximum atomic E-state index is 11.7. The van der Waals surface area contributed by atoms with Gasteiger partial charge in [0.2, 0.25) is 0 Å². The monoisotopic (exact) mass is 281 g/mol. The van der Waals surface area contributed by atoms with Crippen LogP contribution in [0, 0.1) is 0 Å². The van der Waals surface area contributed by atoms with Crippen LogP contribution in [0.5, 0.6) is 0 Å². The highest BCUT2D eigenvalue weighted by molar-refractivity contribution is 6.01. The smallest absolute Gasteiger partial charge is 0.316 e. The minimum atomic E-state index is -0.876. The second-order valence-corrected chi connectivity index (χ2v) is 4.77. The molecule has 2 atom stereocenters. The molecule has 0 unspecified atom stereocenters. The Hall–Kier alpha value is -2.28. The van der Waals surface area contributed by atoms with Crippen molar-refractivity contribution in [1.82, 2.24) is 10.4 Å². The number of amides is 3. The Morgan fingerprint density at radius 1 is 1.30 bits per heavy atom. The fourth-order valence-corrected chi connectivity index (χ4v) is 2.40. The Bertz CT molecular complexity index is 457. The van der Waals surface area contributed by atoms with Gasteiger partial charge in [-0.05, 0) is 18.4 Å². The van der Waals surface area contributed by atoms with Crippen molar-refractivity contribution >= 4 is 17.9 Å². The van der Waals surface area contributed by atoms with E-state index in [0.29, 0.717) is 17.9 Å². The summed E-state index contributed by atoms with van der Waals surface area (Å²) in [4.78, 5) is 41.8. The summed E-state index contributed by atoms with van der Waals surface area (Å²) in [5, 5.41) is 6.68. The van der Waals surface area contributed by atoms with Crippen LogP contribution in [0.2, 0.25) is 0 Å². The highest BCUT2D eigenvalue weighted by Crippen LogP contribution is 2.22. The van der Waals surface area contributed by atoms with E-state index in [1.807, 2.05) is 0 Å². The molecular formula is C11H15N5O4. The minimum absolute atomic E-state index is 0.0525. The summed E-state index contributed by atoms with van der Waals surface area (Å²) in [5.74, 6) is -1.05. The molecule has 1 heterocycles. The van der Waals surface area contributed by atoms with Crippen LogP contribution >= 0.6 is 0 Å². The fourth-order valence-electron chi connectivity index (χ4n) is 2.40. The van der Waals surface area contributed by atoms with E-state index < -0.39 is 17.9 Å². The van der Waals surface area contributed by atoms with E-state index in [1.54, 1.807) is 0 Å². The standard InChI is InChI=1S/C11H15N5O4/c12-15-14-8-4-2-1-3-7(8)13-11(19)20-16-9(17)5-6-10(16)18/h7-8H,1-6H2,(H,13,19)/t7-,8+/m1/s1. The summed E-state index contributed by atoms with van der Waals surface area (Å²) in [5.41, 5.74) is 8.49. The maximum Gasteiger partial charge on any atom is 0.432 e. The molecule has 1 saturated carbocycles. The van der Waals surface area contributed by atoms with Gasteiger partial charge in [-0.1, -0.05) is 18.0 Å². The normalized spacial score (nSPS) is 26.1. The molecule has 2 rings (SSSR count). The van der Waals surface area contributed by atoms with E-state index in [0.717, 1.165) is 12.8 Å². The van der Waals surface area contributed by atoms with Gasteiger partial charge in [0.1, 0.15) is 0 Å². The zero-order valence-corrected chi connectivity index (χ0v) is 10.8. The second-order valence-electron chi connectivity index (χ2n) is 4.77. The second kappa shape index (κ2) is 6.25. The maximum absolute atomic E-state index is 11.7. The zero-order chi connectivity index (χ0) is 14.5. The Balaban J connectivity index is 1.91. The summed E-state index contributed by atoms with van der Waals surface area (Å²) >= 11 is 0. The number of imide groups is 1. The van der Waals surface area contributed by atoms with Crippen LogP contribution in [0.4, 0.5) is 4.79 Å². The Labute approximate surface area is 114 Å². The summed E-state index contributed by atoms with van der Waals surface area (Å²) in [6, 6.07) is -0.661. The first kappa shape index (κ1) is 14.1. The van der Waals surface area contributed by atoms with Crippen molar-refractivity contribution in [2.24, 2.45) is 5.11 Å². The lowest BCUT2D eigenvalue weighted by Crippen LogP contribution is -2.47. The van der Waals surface area contributed by atoms with Crippen molar-refractivity contribution in [1.29, 1.82) is 0 Å². The average Bonchev–Trinajstić information content (AvgIpc) is 2.73. The van der Waals surface area contributed by atoms with Crippen LogP contribution in [0.15, 0.2) is 5.11 Å². The van der Waals surface area contributed by atoms with Crippen molar-refractivity contribution in [2.45, 2.75) is 50.6 Å². The average molecular weight is 281 g/mol. The molecule has 1 aliphatic heterocycles. The number of hydroxylamine groups is 2. The van der Waals surface area contributed by atoms with Gasteiger partial charge in [0.05, 0.1) is 6.04 Å². The lowest BCUT2D eigenvalue weighted by molar-refractivity contribution is -0.171. The molecule has 0 radical (unpaired) electrons. The summed E-state index contributed by atoms with van der Waals surface area (Å²) in [6.07, 6.45) is 2.42. The van der Waals surface area contributed by atoms with Crippen LogP contribution in [0.25, 0.3) is 10.4 Å². The Morgan fingerprint density at radius 3 is 2.60 bits per heavy atom. The molecule has 20 heavy (non-hydrogen) atoms. The van der Waals surface area contributed by atoms with Gasteiger partial charge in [0, 0.05) is 23.8 Å². The lowest BCUT2D eigenvalue weighted by atomic mass is 9.91. The molecule has 1 saturated heterocycles. The number of hydrogen-bond acceptors (Lipinski definition) is 5. The van der Waals surface area contributed by atoms with Gasteiger partial charge in [-0.3, -0.25) is 9.59 Å². The fraction of sp³-hybridized carbons (Fsp3) is 0.727. The summed E-state index contributed by atoms with van der Waals surface area (Å²) in [6.45, 7) is 0. The number of hydrogen-bond donors (Lipinski definition) is 1. The van der Waals surface area contributed by atoms with E-state index in [2.05, 4.69) is 15.3 Å². The highest BCUT2D eigenvalue weighted by atomic mass is 16.7. The van der Waals surface area contributed by atoms with E-state index in [4.69, 9.17) is 10.4 Å². The van der Waals surface area contributed by atoms with Gasteiger partial charge in [-0.2, -0.15) is 0 Å². The molecule has 0 aromatic rings. The Kier molecular flexibility index (Phi) is 4.41.